The lowest BCUT2D eigenvalue weighted by Crippen LogP contribution is -2.35. The van der Waals surface area contributed by atoms with E-state index >= 15 is 0 Å². The van der Waals surface area contributed by atoms with E-state index in [0.29, 0.717) is 5.41 Å². The predicted octanol–water partition coefficient (Wildman–Crippen LogP) is 5.52. The fourth-order valence-corrected chi connectivity index (χ4v) is 3.55. The predicted molar refractivity (Wildman–Crippen MR) is 71.1 cm³/mol. The summed E-state index contributed by atoms with van der Waals surface area (Å²) in [6.45, 7) is 16.8. The molecule has 15 heavy (non-hydrogen) atoms. The second-order valence-electron chi connectivity index (χ2n) is 5.91. The second kappa shape index (κ2) is 6.55. The first kappa shape index (κ1) is 15.0. The number of hydrogen-bond acceptors (Lipinski definition) is 0. The molecule has 92 valence electrons. The Bertz CT molecular complexity index is 159. The van der Waals surface area contributed by atoms with E-state index < -0.39 is 0 Å². The zero-order chi connectivity index (χ0) is 12.1. The normalized spacial score (nSPS) is 20.0. The molecule has 0 radical (unpaired) electrons. The van der Waals surface area contributed by atoms with Crippen LogP contribution in [0.4, 0.5) is 0 Å². The summed E-state index contributed by atoms with van der Waals surface area (Å²) in [4.78, 5) is 0. The van der Waals surface area contributed by atoms with E-state index in [1.807, 2.05) is 0 Å². The van der Waals surface area contributed by atoms with Gasteiger partial charge in [0.25, 0.3) is 0 Å². The topological polar surface area (TPSA) is 0 Å². The van der Waals surface area contributed by atoms with Crippen molar-refractivity contribution in [3.63, 3.8) is 0 Å². The van der Waals surface area contributed by atoms with E-state index in [-0.39, 0.29) is 0 Å². The Morgan fingerprint density at radius 2 is 1.53 bits per heavy atom. The first-order valence-corrected chi connectivity index (χ1v) is 6.92. The van der Waals surface area contributed by atoms with Crippen LogP contribution in [0.2, 0.25) is 0 Å². The molecule has 0 saturated heterocycles. The molecule has 0 aliphatic heterocycles. The van der Waals surface area contributed by atoms with Gasteiger partial charge < -0.3 is 0 Å². The van der Waals surface area contributed by atoms with E-state index in [1.165, 1.54) is 25.7 Å². The molecule has 0 fully saturated rings. The van der Waals surface area contributed by atoms with Crippen molar-refractivity contribution in [2.45, 2.75) is 74.1 Å². The van der Waals surface area contributed by atoms with Gasteiger partial charge in [0, 0.05) is 0 Å². The van der Waals surface area contributed by atoms with Crippen molar-refractivity contribution in [1.29, 1.82) is 0 Å². The molecule has 0 saturated carbocycles. The van der Waals surface area contributed by atoms with Crippen molar-refractivity contribution >= 4 is 0 Å². The van der Waals surface area contributed by atoms with Gasteiger partial charge in [-0.1, -0.05) is 67.7 Å². The standard InChI is InChI=1S/C15H32/c1-8-11-15(7,10-3)14(12(4)5)13(6)9-2/h12-14H,8-11H2,1-7H3. The third-order valence-electron chi connectivity index (χ3n) is 4.41. The third kappa shape index (κ3) is 3.81. The van der Waals surface area contributed by atoms with E-state index in [0.717, 1.165) is 17.8 Å². The molecule has 0 aliphatic carbocycles. The van der Waals surface area contributed by atoms with Crippen molar-refractivity contribution < 1.29 is 0 Å². The fraction of sp³-hybridized carbons (Fsp3) is 1.00. The lowest BCUT2D eigenvalue weighted by atomic mass is 9.62. The monoisotopic (exact) mass is 212 g/mol. The smallest absolute Gasteiger partial charge is 0.0295 e. The maximum absolute atomic E-state index is 2.51. The molecule has 0 N–H and O–H groups in total. The minimum atomic E-state index is 0.554. The molecular weight excluding hydrogens is 180 g/mol. The zero-order valence-corrected chi connectivity index (χ0v) is 12.1. The summed E-state index contributed by atoms with van der Waals surface area (Å²) in [5.41, 5.74) is 0.554. The Kier molecular flexibility index (Phi) is 6.55. The highest BCUT2D eigenvalue weighted by Crippen LogP contribution is 2.45. The summed E-state index contributed by atoms with van der Waals surface area (Å²) in [6.07, 6.45) is 5.36. The van der Waals surface area contributed by atoms with Crippen LogP contribution in [0.5, 0.6) is 0 Å². The van der Waals surface area contributed by atoms with E-state index in [1.54, 1.807) is 0 Å². The maximum Gasteiger partial charge on any atom is -0.0295 e. The largest absolute Gasteiger partial charge is 0.0654 e. The number of rotatable bonds is 7. The van der Waals surface area contributed by atoms with E-state index in [9.17, 15) is 0 Å². The summed E-state index contributed by atoms with van der Waals surface area (Å²) in [5.74, 6) is 2.56. The van der Waals surface area contributed by atoms with Crippen LogP contribution in [0.25, 0.3) is 0 Å². The minimum Gasteiger partial charge on any atom is -0.0654 e. The quantitative estimate of drug-likeness (QED) is 0.521. The Balaban J connectivity index is 4.84. The Labute approximate surface area is 97.8 Å². The Hall–Kier alpha value is 0. The van der Waals surface area contributed by atoms with Crippen LogP contribution in [0.15, 0.2) is 0 Å². The van der Waals surface area contributed by atoms with Gasteiger partial charge in [-0.25, -0.2) is 0 Å². The van der Waals surface area contributed by atoms with E-state index in [2.05, 4.69) is 48.5 Å². The van der Waals surface area contributed by atoms with Crippen LogP contribution >= 0.6 is 0 Å². The third-order valence-corrected chi connectivity index (χ3v) is 4.41. The summed E-state index contributed by atoms with van der Waals surface area (Å²) >= 11 is 0. The van der Waals surface area contributed by atoms with Gasteiger partial charge in [-0.05, 0) is 29.6 Å². The molecule has 0 heterocycles. The highest BCUT2D eigenvalue weighted by Gasteiger charge is 2.36. The van der Waals surface area contributed by atoms with Gasteiger partial charge >= 0.3 is 0 Å². The molecule has 0 aromatic heterocycles. The first-order valence-electron chi connectivity index (χ1n) is 6.92. The van der Waals surface area contributed by atoms with Gasteiger partial charge in [-0.3, -0.25) is 0 Å². The Morgan fingerprint density at radius 3 is 1.80 bits per heavy atom. The highest BCUT2D eigenvalue weighted by molar-refractivity contribution is 4.85. The van der Waals surface area contributed by atoms with Gasteiger partial charge in [0.2, 0.25) is 0 Å². The average Bonchev–Trinajstić information content (AvgIpc) is 2.17. The van der Waals surface area contributed by atoms with Crippen molar-refractivity contribution in [3.05, 3.63) is 0 Å². The van der Waals surface area contributed by atoms with Crippen LogP contribution in [-0.2, 0) is 0 Å². The highest BCUT2D eigenvalue weighted by atomic mass is 14.4. The average molecular weight is 212 g/mol. The molecule has 3 atom stereocenters. The van der Waals surface area contributed by atoms with Crippen LogP contribution in [0, 0.1) is 23.2 Å². The van der Waals surface area contributed by atoms with Crippen LogP contribution in [-0.4, -0.2) is 0 Å². The molecule has 0 aromatic carbocycles. The fourth-order valence-electron chi connectivity index (χ4n) is 3.55. The van der Waals surface area contributed by atoms with Gasteiger partial charge in [0.1, 0.15) is 0 Å². The summed E-state index contributed by atoms with van der Waals surface area (Å²) in [5, 5.41) is 0. The van der Waals surface area contributed by atoms with Gasteiger partial charge in [0.15, 0.2) is 0 Å². The number of hydrogen-bond donors (Lipinski definition) is 0. The van der Waals surface area contributed by atoms with E-state index in [4.69, 9.17) is 0 Å². The molecular formula is C15H32. The lowest BCUT2D eigenvalue weighted by molar-refractivity contribution is 0.0634. The summed E-state index contributed by atoms with van der Waals surface area (Å²) in [6, 6.07) is 0. The molecule has 0 spiro atoms. The second-order valence-corrected chi connectivity index (χ2v) is 5.91. The molecule has 0 aromatic rings. The van der Waals surface area contributed by atoms with Gasteiger partial charge in [-0.15, -0.1) is 0 Å². The molecule has 0 bridgehead atoms. The first-order chi connectivity index (χ1) is 6.92. The van der Waals surface area contributed by atoms with Crippen molar-refractivity contribution in [2.75, 3.05) is 0 Å². The molecule has 0 amide bonds. The molecule has 3 unspecified atom stereocenters. The molecule has 0 rings (SSSR count). The zero-order valence-electron chi connectivity index (χ0n) is 12.1. The van der Waals surface area contributed by atoms with Crippen LogP contribution < -0.4 is 0 Å². The maximum atomic E-state index is 2.51. The van der Waals surface area contributed by atoms with Crippen LogP contribution in [0.3, 0.4) is 0 Å². The molecule has 0 nitrogen and oxygen atoms in total. The van der Waals surface area contributed by atoms with Crippen LogP contribution in [0.1, 0.15) is 74.1 Å². The summed E-state index contributed by atoms with van der Waals surface area (Å²) in [7, 11) is 0. The van der Waals surface area contributed by atoms with Gasteiger partial charge in [-0.2, -0.15) is 0 Å². The lowest BCUT2D eigenvalue weighted by Gasteiger charge is -2.43. The van der Waals surface area contributed by atoms with Crippen molar-refractivity contribution in [3.8, 4) is 0 Å². The SMILES string of the molecule is CCCC(C)(CC)C(C(C)C)C(C)CC. The Morgan fingerprint density at radius 1 is 1.00 bits per heavy atom. The minimum absolute atomic E-state index is 0.554. The van der Waals surface area contributed by atoms with Crippen molar-refractivity contribution in [2.24, 2.45) is 23.2 Å². The van der Waals surface area contributed by atoms with Crippen molar-refractivity contribution in [1.82, 2.24) is 0 Å². The molecule has 0 heteroatoms. The summed E-state index contributed by atoms with van der Waals surface area (Å²) < 4.78 is 0. The molecule has 0 aliphatic rings. The van der Waals surface area contributed by atoms with Gasteiger partial charge in [0.05, 0.1) is 0 Å².